The smallest absolute Gasteiger partial charge is 0.410 e. The third-order valence-corrected chi connectivity index (χ3v) is 8.10. The van der Waals surface area contributed by atoms with Gasteiger partial charge in [-0.3, -0.25) is 9.59 Å². The molecule has 1 atom stereocenters. The summed E-state index contributed by atoms with van der Waals surface area (Å²) in [4.78, 5) is 49.8. The van der Waals surface area contributed by atoms with Crippen molar-refractivity contribution in [2.45, 2.75) is 84.5 Å². The Kier molecular flexibility index (Phi) is 9.84. The molecule has 11 nitrogen and oxygen atoms in total. The number of anilines is 1. The van der Waals surface area contributed by atoms with Gasteiger partial charge in [0.25, 0.3) is 11.5 Å². The second-order valence-corrected chi connectivity index (χ2v) is 12.6. The van der Waals surface area contributed by atoms with Crippen LogP contribution in [-0.2, 0) is 9.47 Å². The van der Waals surface area contributed by atoms with Crippen molar-refractivity contribution in [1.82, 2.24) is 14.8 Å². The molecule has 2 aromatic rings. The summed E-state index contributed by atoms with van der Waals surface area (Å²) in [5.74, 6) is 0.0330. The molecule has 0 saturated carbocycles. The third-order valence-electron chi connectivity index (χ3n) is 8.10. The highest BCUT2D eigenvalue weighted by Gasteiger charge is 2.36. The van der Waals surface area contributed by atoms with Gasteiger partial charge < -0.3 is 35.3 Å². The van der Waals surface area contributed by atoms with E-state index in [9.17, 15) is 14.4 Å². The number of piperidine rings is 1. The van der Waals surface area contributed by atoms with Gasteiger partial charge in [0.1, 0.15) is 17.0 Å². The quantitative estimate of drug-likeness (QED) is 0.329. The van der Waals surface area contributed by atoms with Crippen LogP contribution in [0, 0.1) is 6.92 Å². The predicted octanol–water partition coefficient (Wildman–Crippen LogP) is 4.56. The summed E-state index contributed by atoms with van der Waals surface area (Å²) >= 11 is 0. The number of rotatable bonds is 6. The average Bonchev–Trinajstić information content (AvgIpc) is 3.16. The highest BCUT2D eigenvalue weighted by Crippen LogP contribution is 2.32. The van der Waals surface area contributed by atoms with Crippen molar-refractivity contribution in [3.05, 3.63) is 57.5 Å². The van der Waals surface area contributed by atoms with Crippen LogP contribution in [0.2, 0.25) is 0 Å². The van der Waals surface area contributed by atoms with Crippen LogP contribution >= 0.6 is 0 Å². The Morgan fingerprint density at radius 1 is 1.19 bits per heavy atom. The number of likely N-dealkylation sites (tertiary alicyclic amines) is 1. The molecule has 43 heavy (non-hydrogen) atoms. The number of nitrogens with one attached hydrogen (secondary N) is 2. The molecule has 2 aliphatic heterocycles. The lowest BCUT2D eigenvalue weighted by molar-refractivity contribution is 0.0176. The fourth-order valence-electron chi connectivity index (χ4n) is 5.63. The van der Waals surface area contributed by atoms with Gasteiger partial charge in [-0.25, -0.2) is 9.79 Å². The number of H-pyrrole nitrogens is 1. The summed E-state index contributed by atoms with van der Waals surface area (Å²) in [6.07, 6.45) is 4.22. The molecule has 1 aromatic carbocycles. The molecule has 4 rings (SSSR count). The number of carbonyl (C=O) groups excluding carboxylic acids is 2. The maximum atomic E-state index is 13.3. The summed E-state index contributed by atoms with van der Waals surface area (Å²) in [6, 6.07) is 7.10. The van der Waals surface area contributed by atoms with E-state index in [1.54, 1.807) is 29.3 Å². The van der Waals surface area contributed by atoms with E-state index in [1.807, 2.05) is 45.6 Å². The standard InChI is InChI=1S/C32H46N6O5/c1-7-32(12-16-37(17-13-32)30(41)43-31(4,5)6)36-25-11-14-34-28(39)26(25)27(33)35-23-9-10-24(21(2)19-23)29(40)38-15-8-18-42-22(3)20-38/h9-11,14,19,22H,7-8,12-13,15-18,20H2,1-6H3,(H2,33,35)(H2,34,36,39). The average molecular weight is 595 g/mol. The summed E-state index contributed by atoms with van der Waals surface area (Å²) in [5.41, 5.74) is 7.98. The van der Waals surface area contributed by atoms with Crippen molar-refractivity contribution in [2.75, 3.05) is 38.1 Å². The zero-order chi connectivity index (χ0) is 31.4. The van der Waals surface area contributed by atoms with Crippen molar-refractivity contribution in [1.29, 1.82) is 0 Å². The van der Waals surface area contributed by atoms with E-state index < -0.39 is 5.60 Å². The minimum Gasteiger partial charge on any atom is -0.444 e. The van der Waals surface area contributed by atoms with E-state index in [0.29, 0.717) is 62.6 Å². The number of carbonyl (C=O) groups is 2. The number of pyridine rings is 1. The van der Waals surface area contributed by atoms with E-state index in [0.717, 1.165) is 18.4 Å². The number of hydrogen-bond acceptors (Lipinski definition) is 7. The van der Waals surface area contributed by atoms with Crippen LogP contribution in [0.5, 0.6) is 0 Å². The number of nitrogens with zero attached hydrogens (tertiary/aromatic N) is 3. The van der Waals surface area contributed by atoms with Crippen molar-refractivity contribution >= 4 is 29.2 Å². The molecule has 0 spiro atoms. The molecular formula is C32H46N6O5. The van der Waals surface area contributed by atoms with Gasteiger partial charge in [-0.1, -0.05) is 6.92 Å². The number of aryl methyl sites for hydroxylation is 1. The first kappa shape index (κ1) is 32.1. The molecule has 234 valence electrons. The van der Waals surface area contributed by atoms with Crippen LogP contribution in [0.3, 0.4) is 0 Å². The number of amides is 2. The highest BCUT2D eigenvalue weighted by molar-refractivity contribution is 6.03. The Hall–Kier alpha value is -3.86. The largest absolute Gasteiger partial charge is 0.444 e. The lowest BCUT2D eigenvalue weighted by atomic mass is 9.84. The molecule has 4 N–H and O–H groups in total. The van der Waals surface area contributed by atoms with Crippen molar-refractivity contribution in [3.8, 4) is 0 Å². The normalized spacial score (nSPS) is 19.5. The molecule has 2 amide bonds. The second-order valence-electron chi connectivity index (χ2n) is 12.6. The number of aliphatic imine (C=N–C) groups is 1. The molecule has 0 radical (unpaired) electrons. The van der Waals surface area contributed by atoms with Gasteiger partial charge >= 0.3 is 6.09 Å². The first-order valence-electron chi connectivity index (χ1n) is 15.1. The summed E-state index contributed by atoms with van der Waals surface area (Å²) in [6.45, 7) is 14.4. The fraction of sp³-hybridized carbons (Fsp3) is 0.562. The molecule has 0 aliphatic carbocycles. The number of aromatic amines is 1. The van der Waals surface area contributed by atoms with Gasteiger partial charge in [-0.05, 0) is 90.1 Å². The first-order valence-corrected chi connectivity index (χ1v) is 15.1. The van der Waals surface area contributed by atoms with Crippen LogP contribution in [0.1, 0.15) is 81.8 Å². The molecule has 2 saturated heterocycles. The van der Waals surface area contributed by atoms with E-state index in [2.05, 4.69) is 22.2 Å². The van der Waals surface area contributed by atoms with Crippen molar-refractivity contribution in [2.24, 2.45) is 10.7 Å². The predicted molar refractivity (Wildman–Crippen MR) is 168 cm³/mol. The van der Waals surface area contributed by atoms with Gasteiger partial charge in [-0.2, -0.15) is 0 Å². The minimum atomic E-state index is -0.555. The Labute approximate surface area is 253 Å². The Balaban J connectivity index is 1.53. The van der Waals surface area contributed by atoms with Crippen molar-refractivity contribution < 1.29 is 19.1 Å². The SMILES string of the molecule is CCC1(Nc2cc[nH]c(=O)c2C(N)=Nc2ccc(C(=O)N3CCCOC(C)C3)c(C)c2)CCN(C(=O)OC(C)(C)C)CC1. The van der Waals surface area contributed by atoms with Crippen LogP contribution in [-0.4, -0.2) is 82.6 Å². The van der Waals surface area contributed by atoms with E-state index in [4.69, 9.17) is 15.2 Å². The number of amidine groups is 1. The Morgan fingerprint density at radius 3 is 2.56 bits per heavy atom. The minimum absolute atomic E-state index is 0.00781. The number of nitrogens with two attached hydrogens (primary N) is 1. The Bertz CT molecular complexity index is 1400. The lowest BCUT2D eigenvalue weighted by Gasteiger charge is -2.43. The second kappa shape index (κ2) is 13.2. The van der Waals surface area contributed by atoms with Crippen LogP contribution < -0.4 is 16.6 Å². The van der Waals surface area contributed by atoms with Gasteiger partial charge in [0.15, 0.2) is 0 Å². The van der Waals surface area contributed by atoms with Gasteiger partial charge in [-0.15, -0.1) is 0 Å². The molecule has 1 unspecified atom stereocenters. The van der Waals surface area contributed by atoms with E-state index >= 15 is 0 Å². The topological polar surface area (TPSA) is 142 Å². The van der Waals surface area contributed by atoms with Gasteiger partial charge in [0, 0.05) is 50.1 Å². The first-order chi connectivity index (χ1) is 20.3. The molecule has 1 aromatic heterocycles. The molecule has 3 heterocycles. The number of ether oxygens (including phenoxy) is 2. The Morgan fingerprint density at radius 2 is 1.91 bits per heavy atom. The summed E-state index contributed by atoms with van der Waals surface area (Å²) in [5, 5.41) is 3.59. The maximum absolute atomic E-state index is 13.3. The van der Waals surface area contributed by atoms with Gasteiger partial charge in [0.05, 0.1) is 17.5 Å². The van der Waals surface area contributed by atoms with E-state index in [1.165, 1.54) is 0 Å². The zero-order valence-electron chi connectivity index (χ0n) is 26.3. The van der Waals surface area contributed by atoms with Crippen LogP contribution in [0.25, 0.3) is 0 Å². The van der Waals surface area contributed by atoms with Gasteiger partial charge in [0.2, 0.25) is 0 Å². The summed E-state index contributed by atoms with van der Waals surface area (Å²) < 4.78 is 11.2. The van der Waals surface area contributed by atoms with Crippen LogP contribution in [0.4, 0.5) is 16.2 Å². The third kappa shape index (κ3) is 7.95. The summed E-state index contributed by atoms with van der Waals surface area (Å²) in [7, 11) is 0. The van der Waals surface area contributed by atoms with Crippen LogP contribution in [0.15, 0.2) is 40.2 Å². The fourth-order valence-corrected chi connectivity index (χ4v) is 5.63. The van der Waals surface area contributed by atoms with Crippen molar-refractivity contribution in [3.63, 3.8) is 0 Å². The number of hydrogen-bond donors (Lipinski definition) is 3. The molecule has 0 bridgehead atoms. The molecular weight excluding hydrogens is 548 g/mol. The maximum Gasteiger partial charge on any atom is 0.410 e. The number of aromatic nitrogens is 1. The zero-order valence-corrected chi connectivity index (χ0v) is 26.3. The molecule has 11 heteroatoms. The number of benzene rings is 1. The highest BCUT2D eigenvalue weighted by atomic mass is 16.6. The lowest BCUT2D eigenvalue weighted by Crippen LogP contribution is -2.51. The monoisotopic (exact) mass is 594 g/mol. The molecule has 2 aliphatic rings. The molecule has 2 fully saturated rings. The van der Waals surface area contributed by atoms with E-state index in [-0.39, 0.29) is 40.6 Å².